The first-order valence-corrected chi connectivity index (χ1v) is 5.23. The zero-order valence-electron chi connectivity index (χ0n) is 7.91. The highest BCUT2D eigenvalue weighted by Gasteiger charge is 2.05. The van der Waals surface area contributed by atoms with Crippen molar-refractivity contribution in [3.8, 4) is 0 Å². The lowest BCUT2D eigenvalue weighted by Gasteiger charge is -2.05. The van der Waals surface area contributed by atoms with Gasteiger partial charge >= 0.3 is 0 Å². The van der Waals surface area contributed by atoms with E-state index in [1.807, 2.05) is 20.0 Å². The Labute approximate surface area is 82.2 Å². The second-order valence-corrected chi connectivity index (χ2v) is 4.13. The van der Waals surface area contributed by atoms with Crippen molar-refractivity contribution in [3.63, 3.8) is 0 Å². The van der Waals surface area contributed by atoms with Crippen LogP contribution in [0.25, 0.3) is 0 Å². The summed E-state index contributed by atoms with van der Waals surface area (Å²) in [5.74, 6) is 0.186. The van der Waals surface area contributed by atoms with Crippen LogP contribution >= 0.6 is 11.3 Å². The number of aromatic nitrogens is 1. The Morgan fingerprint density at radius 3 is 3.00 bits per heavy atom. The maximum atomic E-state index is 11.1. The highest BCUT2D eigenvalue weighted by Crippen LogP contribution is 2.05. The zero-order valence-corrected chi connectivity index (χ0v) is 8.73. The van der Waals surface area contributed by atoms with Crippen molar-refractivity contribution in [1.82, 2.24) is 10.3 Å². The molecule has 0 atom stereocenters. The topological polar surface area (TPSA) is 42.0 Å². The average molecular weight is 198 g/mol. The van der Waals surface area contributed by atoms with E-state index in [0.717, 1.165) is 6.42 Å². The van der Waals surface area contributed by atoms with Gasteiger partial charge in [-0.2, -0.15) is 0 Å². The Kier molecular flexibility index (Phi) is 3.89. The number of rotatable bonds is 4. The van der Waals surface area contributed by atoms with Gasteiger partial charge in [0.2, 0.25) is 5.91 Å². The third-order valence-electron chi connectivity index (χ3n) is 1.68. The Bertz CT molecular complexity index is 257. The summed E-state index contributed by atoms with van der Waals surface area (Å²) >= 11 is 1.62. The summed E-state index contributed by atoms with van der Waals surface area (Å²) in [6.07, 6.45) is 2.72. The lowest BCUT2D eigenvalue weighted by molar-refractivity contribution is -0.123. The molecule has 1 heterocycles. The summed E-state index contributed by atoms with van der Waals surface area (Å²) in [5, 5.41) is 2.86. The molecule has 1 aromatic rings. The molecule has 3 nitrogen and oxygen atoms in total. The van der Waals surface area contributed by atoms with Gasteiger partial charge < -0.3 is 5.32 Å². The number of carbonyl (C=O) groups is 1. The molecule has 0 aliphatic rings. The van der Waals surface area contributed by atoms with E-state index in [1.54, 1.807) is 16.8 Å². The highest BCUT2D eigenvalue weighted by molar-refractivity contribution is 7.09. The van der Waals surface area contributed by atoms with Crippen LogP contribution in [-0.4, -0.2) is 17.4 Å². The van der Waals surface area contributed by atoms with Gasteiger partial charge in [-0.1, -0.05) is 13.8 Å². The molecular weight excluding hydrogens is 184 g/mol. The molecule has 72 valence electrons. The largest absolute Gasteiger partial charge is 0.356 e. The Morgan fingerprint density at radius 1 is 1.69 bits per heavy atom. The summed E-state index contributed by atoms with van der Waals surface area (Å²) < 4.78 is 0. The molecule has 1 aromatic heterocycles. The van der Waals surface area contributed by atoms with Crippen molar-refractivity contribution in [2.24, 2.45) is 5.92 Å². The number of carbonyl (C=O) groups excluding carboxylic acids is 1. The molecule has 0 spiro atoms. The summed E-state index contributed by atoms with van der Waals surface area (Å²) in [7, 11) is 0. The summed E-state index contributed by atoms with van der Waals surface area (Å²) in [6.45, 7) is 4.49. The number of hydrogen-bond donors (Lipinski definition) is 1. The van der Waals surface area contributed by atoms with Crippen LogP contribution in [-0.2, 0) is 11.2 Å². The smallest absolute Gasteiger partial charge is 0.222 e. The van der Waals surface area contributed by atoms with E-state index in [1.165, 1.54) is 4.88 Å². The molecule has 0 aliphatic carbocycles. The van der Waals surface area contributed by atoms with Crippen LogP contribution < -0.4 is 5.32 Å². The Hall–Kier alpha value is -0.900. The lowest BCUT2D eigenvalue weighted by Crippen LogP contribution is -2.29. The van der Waals surface area contributed by atoms with Gasteiger partial charge in [0.1, 0.15) is 0 Å². The number of amides is 1. The molecule has 0 unspecified atom stereocenters. The van der Waals surface area contributed by atoms with E-state index in [2.05, 4.69) is 10.3 Å². The van der Waals surface area contributed by atoms with Crippen LogP contribution in [0, 0.1) is 5.92 Å². The molecule has 0 saturated heterocycles. The van der Waals surface area contributed by atoms with E-state index >= 15 is 0 Å². The van der Waals surface area contributed by atoms with Crippen molar-refractivity contribution < 1.29 is 4.79 Å². The normalized spacial score (nSPS) is 10.4. The average Bonchev–Trinajstić information content (AvgIpc) is 2.56. The predicted octanol–water partition coefficient (Wildman–Crippen LogP) is 1.46. The fourth-order valence-corrected chi connectivity index (χ4v) is 1.48. The van der Waals surface area contributed by atoms with Gasteiger partial charge in [0.15, 0.2) is 0 Å². The van der Waals surface area contributed by atoms with Crippen LogP contribution in [0.5, 0.6) is 0 Å². The number of nitrogens with one attached hydrogen (secondary N) is 1. The molecule has 1 rings (SSSR count). The maximum Gasteiger partial charge on any atom is 0.222 e. The minimum absolute atomic E-state index is 0.0708. The fourth-order valence-electron chi connectivity index (χ4n) is 0.879. The second-order valence-electron chi connectivity index (χ2n) is 3.16. The molecule has 0 saturated carbocycles. The van der Waals surface area contributed by atoms with E-state index in [9.17, 15) is 4.79 Å². The van der Waals surface area contributed by atoms with Crippen molar-refractivity contribution in [2.75, 3.05) is 6.54 Å². The van der Waals surface area contributed by atoms with Gasteiger partial charge in [-0.05, 0) is 0 Å². The molecule has 0 aromatic carbocycles. The van der Waals surface area contributed by atoms with Gasteiger partial charge in [-0.25, -0.2) is 0 Å². The SMILES string of the molecule is CC(C)C(=O)NCCc1cncs1. The first-order valence-electron chi connectivity index (χ1n) is 4.35. The third kappa shape index (κ3) is 3.55. The Balaban J connectivity index is 2.18. The number of thiazole rings is 1. The highest BCUT2D eigenvalue weighted by atomic mass is 32.1. The van der Waals surface area contributed by atoms with Gasteiger partial charge in [-0.15, -0.1) is 11.3 Å². The lowest BCUT2D eigenvalue weighted by atomic mass is 10.2. The molecule has 1 N–H and O–H groups in total. The quantitative estimate of drug-likeness (QED) is 0.795. The summed E-state index contributed by atoms with van der Waals surface area (Å²) in [4.78, 5) is 16.3. The molecule has 0 radical (unpaired) electrons. The number of hydrogen-bond acceptors (Lipinski definition) is 3. The maximum absolute atomic E-state index is 11.1. The summed E-state index contributed by atoms with van der Waals surface area (Å²) in [5.41, 5.74) is 1.81. The van der Waals surface area contributed by atoms with Gasteiger partial charge in [-0.3, -0.25) is 9.78 Å². The van der Waals surface area contributed by atoms with E-state index in [4.69, 9.17) is 0 Å². The van der Waals surface area contributed by atoms with Gasteiger partial charge in [0.05, 0.1) is 5.51 Å². The van der Waals surface area contributed by atoms with Crippen LogP contribution in [0.1, 0.15) is 18.7 Å². The van der Waals surface area contributed by atoms with Crippen LogP contribution in [0.2, 0.25) is 0 Å². The Morgan fingerprint density at radius 2 is 2.46 bits per heavy atom. The molecule has 0 bridgehead atoms. The van der Waals surface area contributed by atoms with Crippen LogP contribution in [0.3, 0.4) is 0 Å². The third-order valence-corrected chi connectivity index (χ3v) is 2.52. The number of nitrogens with zero attached hydrogens (tertiary/aromatic N) is 1. The van der Waals surface area contributed by atoms with Crippen LogP contribution in [0.4, 0.5) is 0 Å². The second kappa shape index (κ2) is 4.97. The molecule has 4 heteroatoms. The standard InChI is InChI=1S/C9H14N2OS/c1-7(2)9(12)11-4-3-8-5-10-6-13-8/h5-7H,3-4H2,1-2H3,(H,11,12). The molecule has 0 fully saturated rings. The van der Waals surface area contributed by atoms with Crippen molar-refractivity contribution in [2.45, 2.75) is 20.3 Å². The first-order chi connectivity index (χ1) is 6.20. The van der Waals surface area contributed by atoms with Crippen LogP contribution in [0.15, 0.2) is 11.7 Å². The molecule has 1 amide bonds. The minimum atomic E-state index is 0.0708. The van der Waals surface area contributed by atoms with E-state index in [-0.39, 0.29) is 11.8 Å². The van der Waals surface area contributed by atoms with E-state index in [0.29, 0.717) is 6.54 Å². The van der Waals surface area contributed by atoms with Gasteiger partial charge in [0, 0.05) is 30.0 Å². The molecule has 13 heavy (non-hydrogen) atoms. The zero-order chi connectivity index (χ0) is 9.68. The van der Waals surface area contributed by atoms with Crippen molar-refractivity contribution >= 4 is 17.2 Å². The minimum Gasteiger partial charge on any atom is -0.356 e. The van der Waals surface area contributed by atoms with Crippen molar-refractivity contribution in [1.29, 1.82) is 0 Å². The van der Waals surface area contributed by atoms with Crippen molar-refractivity contribution in [3.05, 3.63) is 16.6 Å². The monoisotopic (exact) mass is 198 g/mol. The summed E-state index contributed by atoms with van der Waals surface area (Å²) in [6, 6.07) is 0. The fraction of sp³-hybridized carbons (Fsp3) is 0.556. The predicted molar refractivity (Wildman–Crippen MR) is 53.7 cm³/mol. The molecular formula is C9H14N2OS. The van der Waals surface area contributed by atoms with E-state index < -0.39 is 0 Å². The van der Waals surface area contributed by atoms with Gasteiger partial charge in [0.25, 0.3) is 0 Å². The molecule has 0 aliphatic heterocycles. The first kappa shape index (κ1) is 10.2.